The summed E-state index contributed by atoms with van der Waals surface area (Å²) in [5.74, 6) is -1.97. The molecule has 0 radical (unpaired) electrons. The van der Waals surface area contributed by atoms with Gasteiger partial charge in [0.25, 0.3) is 11.8 Å². The Morgan fingerprint density at radius 3 is 2.62 bits per heavy atom. The summed E-state index contributed by atoms with van der Waals surface area (Å²) in [5.41, 5.74) is 5.00. The minimum atomic E-state index is -0.821. The summed E-state index contributed by atoms with van der Waals surface area (Å²) in [6.07, 6.45) is 1.52. The van der Waals surface area contributed by atoms with Gasteiger partial charge < -0.3 is 0 Å². The maximum absolute atomic E-state index is 12.1. The Bertz CT molecular complexity index is 999. The van der Waals surface area contributed by atoms with Crippen LogP contribution < -0.4 is 16.6 Å². The monoisotopic (exact) mass is 373 g/mol. The summed E-state index contributed by atoms with van der Waals surface area (Å²) >= 11 is 5.91. The van der Waals surface area contributed by atoms with E-state index in [2.05, 4.69) is 25.5 Å². The number of nitrogens with zero attached hydrogens (tertiary/aromatic N) is 3. The number of nitrogens with one attached hydrogen (secondary N) is 2. The van der Waals surface area contributed by atoms with Gasteiger partial charge in [-0.05, 0) is 24.3 Å². The maximum Gasteiger partial charge on any atom is 0.442 e. The second kappa shape index (κ2) is 7.62. The lowest BCUT2D eigenvalue weighted by Gasteiger charge is -2.09. The van der Waals surface area contributed by atoms with Crippen molar-refractivity contribution < 1.29 is 14.1 Å². The van der Waals surface area contributed by atoms with Gasteiger partial charge in [-0.15, -0.1) is 0 Å². The van der Waals surface area contributed by atoms with E-state index in [1.807, 2.05) is 0 Å². The lowest BCUT2D eigenvalue weighted by Crippen LogP contribution is -2.44. The highest BCUT2D eigenvalue weighted by Crippen LogP contribution is 2.14. The van der Waals surface area contributed by atoms with Crippen LogP contribution in [0.5, 0.6) is 0 Å². The van der Waals surface area contributed by atoms with Gasteiger partial charge in [0.2, 0.25) is 5.82 Å². The zero-order valence-electron chi connectivity index (χ0n) is 13.2. The predicted octanol–water partition coefficient (Wildman–Crippen LogP) is 1.01. The molecule has 10 heteroatoms. The van der Waals surface area contributed by atoms with Crippen molar-refractivity contribution in [2.24, 2.45) is 0 Å². The van der Waals surface area contributed by atoms with Crippen molar-refractivity contribution in [2.75, 3.05) is 0 Å². The van der Waals surface area contributed by atoms with E-state index in [4.69, 9.17) is 11.6 Å². The van der Waals surface area contributed by atoms with Crippen molar-refractivity contribution in [3.8, 4) is 11.5 Å². The van der Waals surface area contributed by atoms with Crippen LogP contribution in [0, 0.1) is 0 Å². The molecule has 0 spiro atoms. The van der Waals surface area contributed by atoms with Crippen LogP contribution in [-0.2, 0) is 11.3 Å². The molecule has 0 unspecified atom stereocenters. The Hall–Kier alpha value is -3.46. The first-order valence-electron chi connectivity index (χ1n) is 7.38. The van der Waals surface area contributed by atoms with E-state index in [1.165, 1.54) is 12.3 Å². The van der Waals surface area contributed by atoms with Gasteiger partial charge >= 0.3 is 5.76 Å². The molecule has 26 heavy (non-hydrogen) atoms. The van der Waals surface area contributed by atoms with Gasteiger partial charge in [-0.2, -0.15) is 0 Å². The molecule has 3 rings (SSSR count). The smallest absolute Gasteiger partial charge is 0.295 e. The molecule has 1 aromatic carbocycles. The Kier molecular flexibility index (Phi) is 5.09. The van der Waals surface area contributed by atoms with Crippen LogP contribution in [0.25, 0.3) is 11.5 Å². The average molecular weight is 374 g/mol. The molecule has 0 atom stereocenters. The van der Waals surface area contributed by atoms with Crippen molar-refractivity contribution in [3.63, 3.8) is 0 Å². The number of carbonyl (C=O) groups excluding carboxylic acids is 2. The second-order valence-corrected chi connectivity index (χ2v) is 5.46. The number of pyridine rings is 1. The summed E-state index contributed by atoms with van der Waals surface area (Å²) in [5, 5.41) is 3.86. The van der Waals surface area contributed by atoms with Crippen LogP contribution in [0.3, 0.4) is 0 Å². The average Bonchev–Trinajstić information content (AvgIpc) is 3.01. The fourth-order valence-electron chi connectivity index (χ4n) is 2.11. The number of halogens is 1. The molecule has 0 aliphatic rings. The molecule has 132 valence electrons. The number of hydrogen-bond acceptors (Lipinski definition) is 6. The fourth-order valence-corrected chi connectivity index (χ4v) is 2.33. The van der Waals surface area contributed by atoms with Crippen LogP contribution in [0.4, 0.5) is 0 Å². The molecule has 0 saturated heterocycles. The van der Waals surface area contributed by atoms with Crippen LogP contribution >= 0.6 is 11.6 Å². The van der Waals surface area contributed by atoms with Crippen LogP contribution in [-0.4, -0.2) is 26.5 Å². The summed E-state index contributed by atoms with van der Waals surface area (Å²) in [4.78, 5) is 39.9. The third-order valence-corrected chi connectivity index (χ3v) is 3.65. The van der Waals surface area contributed by atoms with Gasteiger partial charge in [0, 0.05) is 6.20 Å². The molecular formula is C16H12ClN5O4. The van der Waals surface area contributed by atoms with Gasteiger partial charge in [-0.3, -0.25) is 29.9 Å². The lowest BCUT2D eigenvalue weighted by molar-refractivity contribution is -0.122. The van der Waals surface area contributed by atoms with Gasteiger partial charge in [0.15, 0.2) is 0 Å². The van der Waals surface area contributed by atoms with E-state index in [0.717, 1.165) is 4.57 Å². The zero-order chi connectivity index (χ0) is 18.5. The quantitative estimate of drug-likeness (QED) is 0.659. The first-order chi connectivity index (χ1) is 12.6. The number of amides is 2. The predicted molar refractivity (Wildman–Crippen MR) is 91.1 cm³/mol. The van der Waals surface area contributed by atoms with E-state index in [9.17, 15) is 14.4 Å². The number of carbonyl (C=O) groups is 2. The summed E-state index contributed by atoms with van der Waals surface area (Å²) < 4.78 is 5.59. The minimum Gasteiger partial charge on any atom is -0.295 e. The van der Waals surface area contributed by atoms with E-state index in [0.29, 0.717) is 5.69 Å². The minimum absolute atomic E-state index is 0.100. The normalized spacial score (nSPS) is 10.3. The summed E-state index contributed by atoms with van der Waals surface area (Å²) in [6.45, 7) is -0.420. The third-order valence-electron chi connectivity index (χ3n) is 3.32. The maximum atomic E-state index is 12.1. The second-order valence-electron chi connectivity index (χ2n) is 5.06. The standard InChI is InChI=1S/C16H12ClN5O4/c17-11-6-2-1-5-10(11)15(24)20-19-13(23)9-22-14(21-26-16(22)25)12-7-3-4-8-18-12/h1-8H,9H2,(H,19,23)(H,20,24). The van der Waals surface area contributed by atoms with Gasteiger partial charge in [-0.25, -0.2) is 9.36 Å². The Morgan fingerprint density at radius 1 is 1.12 bits per heavy atom. The van der Waals surface area contributed by atoms with Crippen LogP contribution in [0.1, 0.15) is 10.4 Å². The van der Waals surface area contributed by atoms with E-state index < -0.39 is 24.1 Å². The molecule has 0 bridgehead atoms. The number of rotatable bonds is 4. The van der Waals surface area contributed by atoms with Gasteiger partial charge in [0.05, 0.1) is 10.6 Å². The molecule has 0 saturated carbocycles. The largest absolute Gasteiger partial charge is 0.442 e. The highest BCUT2D eigenvalue weighted by molar-refractivity contribution is 6.33. The van der Waals surface area contributed by atoms with Crippen molar-refractivity contribution in [3.05, 3.63) is 69.8 Å². The molecular weight excluding hydrogens is 362 g/mol. The SMILES string of the molecule is O=C(Cn1c(-c2ccccn2)noc1=O)NNC(=O)c1ccccc1Cl. The Balaban J connectivity index is 1.68. The molecule has 9 nitrogen and oxygen atoms in total. The van der Waals surface area contributed by atoms with Crippen molar-refractivity contribution in [2.45, 2.75) is 6.54 Å². The van der Waals surface area contributed by atoms with E-state index in [1.54, 1.807) is 36.4 Å². The van der Waals surface area contributed by atoms with Crippen LogP contribution in [0.15, 0.2) is 58.0 Å². The Morgan fingerprint density at radius 2 is 1.88 bits per heavy atom. The van der Waals surface area contributed by atoms with E-state index >= 15 is 0 Å². The molecule has 2 N–H and O–H groups in total. The summed E-state index contributed by atoms with van der Waals surface area (Å²) in [7, 11) is 0. The summed E-state index contributed by atoms with van der Waals surface area (Å²) in [6, 6.07) is 11.4. The van der Waals surface area contributed by atoms with Gasteiger partial charge in [0.1, 0.15) is 12.2 Å². The topological polar surface area (TPSA) is 119 Å². The fraction of sp³-hybridized carbons (Fsp3) is 0.0625. The number of benzene rings is 1. The zero-order valence-corrected chi connectivity index (χ0v) is 13.9. The molecule has 0 fully saturated rings. The molecule has 0 aliphatic heterocycles. The molecule has 0 aliphatic carbocycles. The molecule has 2 aromatic heterocycles. The number of aromatic nitrogens is 3. The first kappa shape index (κ1) is 17.4. The highest BCUT2D eigenvalue weighted by Gasteiger charge is 2.17. The highest BCUT2D eigenvalue weighted by atomic mass is 35.5. The lowest BCUT2D eigenvalue weighted by atomic mass is 10.2. The number of hydrogen-bond donors (Lipinski definition) is 2. The molecule has 3 aromatic rings. The third kappa shape index (κ3) is 3.78. The van der Waals surface area contributed by atoms with Crippen molar-refractivity contribution >= 4 is 23.4 Å². The Labute approximate surface area is 151 Å². The molecule has 2 amide bonds. The van der Waals surface area contributed by atoms with Crippen LogP contribution in [0.2, 0.25) is 5.02 Å². The first-order valence-corrected chi connectivity index (χ1v) is 7.75. The van der Waals surface area contributed by atoms with Gasteiger partial charge in [-0.1, -0.05) is 35.0 Å². The van der Waals surface area contributed by atoms with E-state index in [-0.39, 0.29) is 16.4 Å². The van der Waals surface area contributed by atoms with Crippen molar-refractivity contribution in [1.29, 1.82) is 0 Å². The van der Waals surface area contributed by atoms with Crippen molar-refractivity contribution in [1.82, 2.24) is 25.6 Å². The number of hydrazine groups is 1. The molecule has 2 heterocycles.